The second kappa shape index (κ2) is 8.73. The van der Waals surface area contributed by atoms with Crippen molar-refractivity contribution in [1.82, 2.24) is 0 Å². The number of carbonyl (C=O) groups excluding carboxylic acids is 1. The van der Waals surface area contributed by atoms with Crippen LogP contribution in [0.5, 0.6) is 11.5 Å². The summed E-state index contributed by atoms with van der Waals surface area (Å²) in [6, 6.07) is 10.4. The Kier molecular flexibility index (Phi) is 6.32. The predicted molar refractivity (Wildman–Crippen MR) is 113 cm³/mol. The summed E-state index contributed by atoms with van der Waals surface area (Å²) in [4.78, 5) is 13.9. The standard InChI is InChI=1S/C21H26N2O5S/c1-4-21(24)23-11-5-6-16-13-17(8-9-18(16)23)22-29(25,26)14-15-7-10-19(27-2)20(12-15)28-3/h7-10,12-13,22H,4-6,11,14H2,1-3H3. The first kappa shape index (κ1) is 21.0. The van der Waals surface area contributed by atoms with Gasteiger partial charge in [-0.05, 0) is 54.3 Å². The fourth-order valence-corrected chi connectivity index (χ4v) is 4.69. The van der Waals surface area contributed by atoms with Crippen molar-refractivity contribution >= 4 is 27.3 Å². The molecule has 156 valence electrons. The van der Waals surface area contributed by atoms with Gasteiger partial charge in [-0.15, -0.1) is 0 Å². The highest BCUT2D eigenvalue weighted by molar-refractivity contribution is 7.91. The van der Waals surface area contributed by atoms with Crippen molar-refractivity contribution in [3.05, 3.63) is 47.5 Å². The fraction of sp³-hybridized carbons (Fsp3) is 0.381. The molecule has 0 spiro atoms. The van der Waals surface area contributed by atoms with E-state index < -0.39 is 10.0 Å². The fourth-order valence-electron chi connectivity index (χ4n) is 3.52. The SMILES string of the molecule is CCC(=O)N1CCCc2cc(NS(=O)(=O)Cc3ccc(OC)c(OC)c3)ccc21. The van der Waals surface area contributed by atoms with Gasteiger partial charge in [0.15, 0.2) is 11.5 Å². The topological polar surface area (TPSA) is 84.9 Å². The number of methoxy groups -OCH3 is 2. The van der Waals surface area contributed by atoms with Crippen LogP contribution in [0.25, 0.3) is 0 Å². The molecular formula is C21H26N2O5S. The molecule has 0 bridgehead atoms. The molecule has 2 aromatic carbocycles. The number of hydrogen-bond donors (Lipinski definition) is 1. The van der Waals surface area contributed by atoms with Crippen molar-refractivity contribution < 1.29 is 22.7 Å². The van der Waals surface area contributed by atoms with Gasteiger partial charge in [-0.25, -0.2) is 8.42 Å². The number of nitrogens with one attached hydrogen (secondary N) is 1. The number of sulfonamides is 1. The molecule has 7 nitrogen and oxygen atoms in total. The first-order chi connectivity index (χ1) is 13.9. The van der Waals surface area contributed by atoms with Gasteiger partial charge < -0.3 is 14.4 Å². The lowest BCUT2D eigenvalue weighted by Crippen LogP contribution is -2.34. The second-order valence-corrected chi connectivity index (χ2v) is 8.62. The number of carbonyl (C=O) groups is 1. The van der Waals surface area contributed by atoms with Crippen LogP contribution < -0.4 is 19.1 Å². The van der Waals surface area contributed by atoms with Gasteiger partial charge in [-0.3, -0.25) is 9.52 Å². The Labute approximate surface area is 171 Å². The summed E-state index contributed by atoms with van der Waals surface area (Å²) in [6.45, 7) is 2.54. The van der Waals surface area contributed by atoms with Crippen LogP contribution in [0.1, 0.15) is 30.9 Å². The summed E-state index contributed by atoms with van der Waals surface area (Å²) in [5.74, 6) is 0.912. The summed E-state index contributed by atoms with van der Waals surface area (Å²) < 4.78 is 38.4. The van der Waals surface area contributed by atoms with Gasteiger partial charge in [0.05, 0.1) is 20.0 Å². The zero-order chi connectivity index (χ0) is 21.0. The van der Waals surface area contributed by atoms with Gasteiger partial charge in [0, 0.05) is 24.3 Å². The van der Waals surface area contributed by atoms with Crippen LogP contribution in [0.15, 0.2) is 36.4 Å². The highest BCUT2D eigenvalue weighted by Gasteiger charge is 2.22. The van der Waals surface area contributed by atoms with Gasteiger partial charge in [0.1, 0.15) is 0 Å². The summed E-state index contributed by atoms with van der Waals surface area (Å²) in [5, 5.41) is 0. The number of aryl methyl sites for hydroxylation is 1. The molecule has 0 aliphatic carbocycles. The molecule has 1 heterocycles. The Hall–Kier alpha value is -2.74. The number of benzene rings is 2. The van der Waals surface area contributed by atoms with E-state index in [-0.39, 0.29) is 11.7 Å². The Morgan fingerprint density at radius 1 is 1.10 bits per heavy atom. The van der Waals surface area contributed by atoms with E-state index >= 15 is 0 Å². The normalized spacial score (nSPS) is 13.6. The molecule has 0 saturated heterocycles. The van der Waals surface area contributed by atoms with Crippen LogP contribution >= 0.6 is 0 Å². The molecule has 0 aromatic heterocycles. The van der Waals surface area contributed by atoms with E-state index in [1.165, 1.54) is 14.2 Å². The van der Waals surface area contributed by atoms with Gasteiger partial charge in [-0.2, -0.15) is 0 Å². The van der Waals surface area contributed by atoms with Gasteiger partial charge in [0.25, 0.3) is 0 Å². The summed E-state index contributed by atoms with van der Waals surface area (Å²) >= 11 is 0. The van der Waals surface area contributed by atoms with E-state index in [2.05, 4.69) is 4.72 Å². The number of amides is 1. The van der Waals surface area contributed by atoms with E-state index in [9.17, 15) is 13.2 Å². The number of hydrogen-bond acceptors (Lipinski definition) is 5. The van der Waals surface area contributed by atoms with E-state index in [0.29, 0.717) is 35.7 Å². The maximum atomic E-state index is 12.7. The van der Waals surface area contributed by atoms with Gasteiger partial charge in [-0.1, -0.05) is 13.0 Å². The summed E-state index contributed by atoms with van der Waals surface area (Å²) in [6.07, 6.45) is 2.12. The minimum absolute atomic E-state index is 0.0766. The molecule has 29 heavy (non-hydrogen) atoms. The highest BCUT2D eigenvalue weighted by Crippen LogP contribution is 2.31. The largest absolute Gasteiger partial charge is 0.493 e. The predicted octanol–water partition coefficient (Wildman–Crippen LogP) is 3.33. The maximum Gasteiger partial charge on any atom is 0.236 e. The third-order valence-electron chi connectivity index (χ3n) is 4.88. The quantitative estimate of drug-likeness (QED) is 0.745. The van der Waals surface area contributed by atoms with E-state index in [1.807, 2.05) is 19.1 Å². The van der Waals surface area contributed by atoms with Crippen LogP contribution in [0.2, 0.25) is 0 Å². The minimum Gasteiger partial charge on any atom is -0.493 e. The van der Waals surface area contributed by atoms with Crippen LogP contribution in [-0.4, -0.2) is 35.1 Å². The average molecular weight is 419 g/mol. The van der Waals surface area contributed by atoms with Crippen molar-refractivity contribution in [2.75, 3.05) is 30.4 Å². The lowest BCUT2D eigenvalue weighted by atomic mass is 10.0. The third kappa shape index (κ3) is 4.82. The van der Waals surface area contributed by atoms with Gasteiger partial charge in [0.2, 0.25) is 15.9 Å². The van der Waals surface area contributed by atoms with Crippen molar-refractivity contribution in [2.45, 2.75) is 31.9 Å². The zero-order valence-electron chi connectivity index (χ0n) is 16.9. The van der Waals surface area contributed by atoms with Crippen LogP contribution in [0.4, 0.5) is 11.4 Å². The zero-order valence-corrected chi connectivity index (χ0v) is 17.7. The van der Waals surface area contributed by atoms with Crippen LogP contribution in [0.3, 0.4) is 0 Å². The Morgan fingerprint density at radius 3 is 2.55 bits per heavy atom. The van der Waals surface area contributed by atoms with E-state index in [0.717, 1.165) is 24.1 Å². The smallest absolute Gasteiger partial charge is 0.236 e. The molecule has 0 atom stereocenters. The molecule has 0 radical (unpaired) electrons. The van der Waals surface area contributed by atoms with Gasteiger partial charge >= 0.3 is 0 Å². The molecule has 0 saturated carbocycles. The summed E-state index contributed by atoms with van der Waals surface area (Å²) in [5.41, 5.74) is 2.93. The van der Waals surface area contributed by atoms with E-state index in [1.54, 1.807) is 29.2 Å². The number of rotatable bonds is 7. The van der Waals surface area contributed by atoms with Crippen LogP contribution in [0, 0.1) is 0 Å². The Bertz CT molecular complexity index is 1000. The van der Waals surface area contributed by atoms with E-state index in [4.69, 9.17) is 9.47 Å². The molecule has 0 unspecified atom stereocenters. The first-order valence-electron chi connectivity index (χ1n) is 9.51. The maximum absolute atomic E-state index is 12.7. The summed E-state index contributed by atoms with van der Waals surface area (Å²) in [7, 11) is -0.583. The lowest BCUT2D eigenvalue weighted by molar-refractivity contribution is -0.118. The Morgan fingerprint density at radius 2 is 1.86 bits per heavy atom. The van der Waals surface area contributed by atoms with Crippen molar-refractivity contribution in [3.8, 4) is 11.5 Å². The van der Waals surface area contributed by atoms with Crippen LogP contribution in [-0.2, 0) is 27.0 Å². The molecule has 1 amide bonds. The highest BCUT2D eigenvalue weighted by atomic mass is 32.2. The molecule has 1 aliphatic heterocycles. The molecule has 8 heteroatoms. The molecule has 1 aliphatic rings. The minimum atomic E-state index is -3.62. The van der Waals surface area contributed by atoms with Crippen molar-refractivity contribution in [3.63, 3.8) is 0 Å². The number of fused-ring (bicyclic) bond motifs is 1. The molecule has 3 rings (SSSR count). The lowest BCUT2D eigenvalue weighted by Gasteiger charge is -2.29. The average Bonchev–Trinajstić information content (AvgIpc) is 2.71. The second-order valence-electron chi connectivity index (χ2n) is 6.90. The molecule has 2 aromatic rings. The number of nitrogens with zero attached hydrogens (tertiary/aromatic N) is 1. The molecule has 0 fully saturated rings. The van der Waals surface area contributed by atoms with Crippen molar-refractivity contribution in [2.24, 2.45) is 0 Å². The first-order valence-corrected chi connectivity index (χ1v) is 11.2. The van der Waals surface area contributed by atoms with Crippen molar-refractivity contribution in [1.29, 1.82) is 0 Å². The number of ether oxygens (including phenoxy) is 2. The molecule has 1 N–H and O–H groups in total. The monoisotopic (exact) mass is 418 g/mol. The third-order valence-corrected chi connectivity index (χ3v) is 6.14. The number of anilines is 2. The Balaban J connectivity index is 1.78. The molecular weight excluding hydrogens is 392 g/mol.